The molecule has 0 aliphatic carbocycles. The fourth-order valence-electron chi connectivity index (χ4n) is 3.32. The summed E-state index contributed by atoms with van der Waals surface area (Å²) in [7, 11) is 1.57. The van der Waals surface area contributed by atoms with Crippen LogP contribution in [-0.2, 0) is 0 Å². The molecule has 5 nitrogen and oxygen atoms in total. The Bertz CT molecular complexity index is 481. The van der Waals surface area contributed by atoms with E-state index in [0.29, 0.717) is 18.3 Å². The molecule has 2 unspecified atom stereocenters. The number of ether oxygens (including phenoxy) is 1. The van der Waals surface area contributed by atoms with Crippen LogP contribution in [0, 0.1) is 0 Å². The van der Waals surface area contributed by atoms with Gasteiger partial charge in [0.15, 0.2) is 11.5 Å². The summed E-state index contributed by atoms with van der Waals surface area (Å²) in [4.78, 5) is 4.99. The van der Waals surface area contributed by atoms with Crippen LogP contribution in [0.4, 0.5) is 0 Å². The zero-order chi connectivity index (χ0) is 16.1. The normalized spacial score (nSPS) is 21.7. The molecule has 2 rings (SSSR count). The lowest BCUT2D eigenvalue weighted by molar-refractivity contribution is 0.0571. The summed E-state index contributed by atoms with van der Waals surface area (Å²) in [5.74, 6) is 0.678. The van der Waals surface area contributed by atoms with Crippen molar-refractivity contribution in [2.24, 2.45) is 5.73 Å². The minimum atomic E-state index is 0.167. The molecule has 1 aromatic carbocycles. The Hall–Kier alpha value is -1.30. The van der Waals surface area contributed by atoms with Gasteiger partial charge in [-0.1, -0.05) is 13.0 Å². The van der Waals surface area contributed by atoms with Crippen molar-refractivity contribution in [3.05, 3.63) is 23.8 Å². The molecule has 0 saturated carbocycles. The topological polar surface area (TPSA) is 62.0 Å². The largest absolute Gasteiger partial charge is 0.504 e. The summed E-state index contributed by atoms with van der Waals surface area (Å²) >= 11 is 0. The molecule has 0 aromatic heterocycles. The van der Waals surface area contributed by atoms with E-state index >= 15 is 0 Å². The maximum Gasteiger partial charge on any atom is 0.160 e. The minimum absolute atomic E-state index is 0.167. The molecule has 0 amide bonds. The number of nitrogens with two attached hydrogens (primary N) is 1. The second-order valence-electron chi connectivity index (χ2n) is 6.06. The Morgan fingerprint density at radius 3 is 2.77 bits per heavy atom. The van der Waals surface area contributed by atoms with Crippen LogP contribution in [-0.4, -0.2) is 60.8 Å². The first-order valence-electron chi connectivity index (χ1n) is 8.15. The molecule has 0 spiro atoms. The molecule has 1 saturated heterocycles. The van der Waals surface area contributed by atoms with Crippen molar-refractivity contribution in [3.63, 3.8) is 0 Å². The van der Waals surface area contributed by atoms with Crippen LogP contribution in [0.15, 0.2) is 18.2 Å². The van der Waals surface area contributed by atoms with Crippen molar-refractivity contribution in [3.8, 4) is 11.5 Å². The second-order valence-corrected chi connectivity index (χ2v) is 6.06. The highest BCUT2D eigenvalue weighted by Gasteiger charge is 2.28. The summed E-state index contributed by atoms with van der Waals surface area (Å²) in [6, 6.07) is 6.24. The van der Waals surface area contributed by atoms with Gasteiger partial charge in [0.05, 0.1) is 7.11 Å². The van der Waals surface area contributed by atoms with E-state index in [2.05, 4.69) is 23.6 Å². The first-order chi connectivity index (χ1) is 10.6. The van der Waals surface area contributed by atoms with Gasteiger partial charge >= 0.3 is 0 Å². The van der Waals surface area contributed by atoms with Crippen LogP contribution < -0.4 is 10.5 Å². The summed E-state index contributed by atoms with van der Waals surface area (Å²) < 4.78 is 5.22. The smallest absolute Gasteiger partial charge is 0.160 e. The fraction of sp³-hybridized carbons (Fsp3) is 0.647. The number of rotatable bonds is 6. The van der Waals surface area contributed by atoms with Crippen LogP contribution in [0.5, 0.6) is 11.5 Å². The minimum Gasteiger partial charge on any atom is -0.504 e. The lowest BCUT2D eigenvalue weighted by Crippen LogP contribution is -2.53. The molecule has 124 valence electrons. The quantitative estimate of drug-likeness (QED) is 0.839. The molecule has 3 N–H and O–H groups in total. The molecule has 5 heteroatoms. The van der Waals surface area contributed by atoms with E-state index in [0.717, 1.165) is 31.7 Å². The van der Waals surface area contributed by atoms with Gasteiger partial charge in [0.25, 0.3) is 0 Å². The summed E-state index contributed by atoms with van der Waals surface area (Å²) in [6.45, 7) is 9.36. The van der Waals surface area contributed by atoms with E-state index in [1.54, 1.807) is 13.2 Å². The summed E-state index contributed by atoms with van der Waals surface area (Å²) in [6.07, 6.45) is 1.19. The van der Waals surface area contributed by atoms with Crippen molar-refractivity contribution in [2.45, 2.75) is 32.4 Å². The van der Waals surface area contributed by atoms with Gasteiger partial charge in [0.2, 0.25) is 0 Å². The standard InChI is InChI=1S/C17H29N3O2/c1-4-7-19-8-9-20(12-13(19)2)15(11-18)14-5-6-16(21)17(10-14)22-3/h5-6,10,13,15,21H,4,7-9,11-12,18H2,1-3H3. The van der Waals surface area contributed by atoms with Crippen LogP contribution in [0.25, 0.3) is 0 Å². The number of hydrogen-bond acceptors (Lipinski definition) is 5. The highest BCUT2D eigenvalue weighted by atomic mass is 16.5. The number of hydrogen-bond donors (Lipinski definition) is 2. The first kappa shape index (κ1) is 17.1. The number of phenols is 1. The predicted molar refractivity (Wildman–Crippen MR) is 89.4 cm³/mol. The van der Waals surface area contributed by atoms with E-state index in [9.17, 15) is 5.11 Å². The second kappa shape index (κ2) is 7.81. The van der Waals surface area contributed by atoms with Crippen LogP contribution in [0.1, 0.15) is 31.9 Å². The Labute approximate surface area is 133 Å². The van der Waals surface area contributed by atoms with Gasteiger partial charge in [-0.05, 0) is 37.6 Å². The number of benzene rings is 1. The number of nitrogens with zero attached hydrogens (tertiary/aromatic N) is 2. The van der Waals surface area contributed by atoms with Crippen molar-refractivity contribution in [1.29, 1.82) is 0 Å². The number of piperazine rings is 1. The van der Waals surface area contributed by atoms with Crippen molar-refractivity contribution in [1.82, 2.24) is 9.80 Å². The first-order valence-corrected chi connectivity index (χ1v) is 8.15. The number of phenolic OH excluding ortho intramolecular Hbond substituents is 1. The van der Waals surface area contributed by atoms with Crippen molar-refractivity contribution in [2.75, 3.05) is 39.8 Å². The van der Waals surface area contributed by atoms with Crippen LogP contribution >= 0.6 is 0 Å². The Morgan fingerprint density at radius 1 is 1.41 bits per heavy atom. The third-order valence-electron chi connectivity index (χ3n) is 4.56. The highest BCUT2D eigenvalue weighted by molar-refractivity contribution is 5.42. The molecule has 22 heavy (non-hydrogen) atoms. The third-order valence-corrected chi connectivity index (χ3v) is 4.56. The molecule has 1 aliphatic heterocycles. The molecule has 1 heterocycles. The molecular formula is C17H29N3O2. The van der Waals surface area contributed by atoms with E-state index in [1.807, 2.05) is 12.1 Å². The van der Waals surface area contributed by atoms with Gasteiger partial charge in [0, 0.05) is 38.3 Å². The predicted octanol–water partition coefficient (Wildman–Crippen LogP) is 1.82. The van der Waals surface area contributed by atoms with Crippen molar-refractivity contribution < 1.29 is 9.84 Å². The van der Waals surface area contributed by atoms with Crippen LogP contribution in [0.2, 0.25) is 0 Å². The molecule has 0 bridgehead atoms. The van der Waals surface area contributed by atoms with Gasteiger partial charge in [-0.2, -0.15) is 0 Å². The average molecular weight is 307 g/mol. The van der Waals surface area contributed by atoms with E-state index < -0.39 is 0 Å². The molecule has 0 radical (unpaired) electrons. The Morgan fingerprint density at radius 2 is 2.18 bits per heavy atom. The highest BCUT2D eigenvalue weighted by Crippen LogP contribution is 2.31. The Balaban J connectivity index is 2.12. The van der Waals surface area contributed by atoms with Gasteiger partial charge in [-0.3, -0.25) is 9.80 Å². The van der Waals surface area contributed by atoms with Crippen molar-refractivity contribution >= 4 is 0 Å². The summed E-state index contributed by atoms with van der Waals surface area (Å²) in [5, 5.41) is 9.76. The fourth-order valence-corrected chi connectivity index (χ4v) is 3.32. The van der Waals surface area contributed by atoms with E-state index in [1.165, 1.54) is 6.42 Å². The molecule has 1 aliphatic rings. The molecule has 2 atom stereocenters. The lowest BCUT2D eigenvalue weighted by Gasteiger charge is -2.43. The molecular weight excluding hydrogens is 278 g/mol. The lowest BCUT2D eigenvalue weighted by atomic mass is 10.0. The number of aromatic hydroxyl groups is 1. The number of methoxy groups -OCH3 is 1. The zero-order valence-corrected chi connectivity index (χ0v) is 14.0. The van der Waals surface area contributed by atoms with Gasteiger partial charge in [0.1, 0.15) is 0 Å². The van der Waals surface area contributed by atoms with Gasteiger partial charge < -0.3 is 15.6 Å². The third kappa shape index (κ3) is 3.72. The van der Waals surface area contributed by atoms with E-state index in [4.69, 9.17) is 10.5 Å². The van der Waals surface area contributed by atoms with Crippen LogP contribution in [0.3, 0.4) is 0 Å². The molecule has 1 aromatic rings. The van der Waals surface area contributed by atoms with Gasteiger partial charge in [-0.15, -0.1) is 0 Å². The SMILES string of the molecule is CCCN1CCN(C(CN)c2ccc(O)c(OC)c2)CC1C. The van der Waals surface area contributed by atoms with Gasteiger partial charge in [-0.25, -0.2) is 0 Å². The zero-order valence-electron chi connectivity index (χ0n) is 14.0. The van der Waals surface area contributed by atoms with E-state index in [-0.39, 0.29) is 11.8 Å². The summed E-state index contributed by atoms with van der Waals surface area (Å²) in [5.41, 5.74) is 7.15. The molecule has 1 fully saturated rings. The Kier molecular flexibility index (Phi) is 6.06. The average Bonchev–Trinajstić information content (AvgIpc) is 2.52. The maximum atomic E-state index is 9.76. The monoisotopic (exact) mass is 307 g/mol. The maximum absolute atomic E-state index is 9.76.